The molecule has 1 fully saturated rings. The van der Waals surface area contributed by atoms with Gasteiger partial charge in [-0.1, -0.05) is 18.2 Å². The molecule has 134 valence electrons. The molecule has 0 spiro atoms. The van der Waals surface area contributed by atoms with E-state index in [1.165, 1.54) is 12.8 Å². The summed E-state index contributed by atoms with van der Waals surface area (Å²) in [6.07, 6.45) is 5.83. The fourth-order valence-electron chi connectivity index (χ4n) is 2.93. The number of hydrogen-bond donors (Lipinski definition) is 1. The third-order valence-corrected chi connectivity index (χ3v) is 4.33. The normalized spacial score (nSPS) is 16.2. The third-order valence-electron chi connectivity index (χ3n) is 4.33. The summed E-state index contributed by atoms with van der Waals surface area (Å²) in [4.78, 5) is 13.0. The summed E-state index contributed by atoms with van der Waals surface area (Å²) < 4.78 is 11.3. The Bertz CT molecular complexity index is 458. The average Bonchev–Trinajstić information content (AvgIpc) is 2.60. The zero-order valence-corrected chi connectivity index (χ0v) is 14.4. The second kappa shape index (κ2) is 11.0. The molecule has 1 saturated heterocycles. The monoisotopic (exact) mass is 335 g/mol. The van der Waals surface area contributed by atoms with Gasteiger partial charge in [-0.05, 0) is 50.8 Å². The Labute approximate surface area is 144 Å². The SMILES string of the molecule is O=C(O)CCOC1CCN(CCCCCOc2ccccc2)CC1. The first-order valence-electron chi connectivity index (χ1n) is 8.97. The fourth-order valence-corrected chi connectivity index (χ4v) is 2.93. The van der Waals surface area contributed by atoms with Gasteiger partial charge in [0.25, 0.3) is 0 Å². The molecule has 0 atom stereocenters. The molecule has 0 saturated carbocycles. The molecule has 1 aliphatic heterocycles. The van der Waals surface area contributed by atoms with Crippen molar-refractivity contribution >= 4 is 5.97 Å². The van der Waals surface area contributed by atoms with Gasteiger partial charge in [-0.25, -0.2) is 0 Å². The lowest BCUT2D eigenvalue weighted by Crippen LogP contribution is -2.37. The summed E-state index contributed by atoms with van der Waals surface area (Å²) in [5.41, 5.74) is 0. The molecule has 0 aromatic heterocycles. The molecule has 5 heteroatoms. The maximum atomic E-state index is 10.5. The lowest BCUT2D eigenvalue weighted by molar-refractivity contribution is -0.138. The van der Waals surface area contributed by atoms with E-state index in [-0.39, 0.29) is 12.5 Å². The molecule has 0 bridgehead atoms. The Kier molecular flexibility index (Phi) is 8.63. The molecular formula is C19H29NO4. The molecule has 0 aliphatic carbocycles. The summed E-state index contributed by atoms with van der Waals surface area (Å²) in [5.74, 6) is 0.158. The fraction of sp³-hybridized carbons (Fsp3) is 0.632. The van der Waals surface area contributed by atoms with Crippen LogP contribution >= 0.6 is 0 Å². The van der Waals surface area contributed by atoms with Crippen LogP contribution in [0.15, 0.2) is 30.3 Å². The van der Waals surface area contributed by atoms with E-state index in [1.807, 2.05) is 30.3 Å². The van der Waals surface area contributed by atoms with E-state index in [9.17, 15) is 4.79 Å². The van der Waals surface area contributed by atoms with Crippen LogP contribution in [-0.4, -0.2) is 54.9 Å². The van der Waals surface area contributed by atoms with Gasteiger partial charge in [-0.15, -0.1) is 0 Å². The van der Waals surface area contributed by atoms with Gasteiger partial charge in [0.05, 0.1) is 25.7 Å². The van der Waals surface area contributed by atoms with Crippen molar-refractivity contribution in [1.29, 1.82) is 0 Å². The number of benzene rings is 1. The number of unbranched alkanes of at least 4 members (excludes halogenated alkanes) is 2. The number of para-hydroxylation sites is 1. The van der Waals surface area contributed by atoms with Gasteiger partial charge in [0.15, 0.2) is 0 Å². The van der Waals surface area contributed by atoms with Crippen LogP contribution in [0.3, 0.4) is 0 Å². The minimum Gasteiger partial charge on any atom is -0.494 e. The Morgan fingerprint density at radius 2 is 1.83 bits per heavy atom. The van der Waals surface area contributed by atoms with Crippen molar-refractivity contribution in [2.75, 3.05) is 32.8 Å². The number of piperidine rings is 1. The zero-order chi connectivity index (χ0) is 17.0. The smallest absolute Gasteiger partial charge is 0.305 e. The van der Waals surface area contributed by atoms with E-state index in [2.05, 4.69) is 4.90 Å². The predicted octanol–water partition coefficient (Wildman–Crippen LogP) is 3.19. The van der Waals surface area contributed by atoms with Crippen molar-refractivity contribution in [1.82, 2.24) is 4.90 Å². The van der Waals surface area contributed by atoms with Crippen molar-refractivity contribution in [2.24, 2.45) is 0 Å². The van der Waals surface area contributed by atoms with Crippen LogP contribution in [0, 0.1) is 0 Å². The highest BCUT2D eigenvalue weighted by atomic mass is 16.5. The number of likely N-dealkylation sites (tertiary alicyclic amines) is 1. The van der Waals surface area contributed by atoms with Crippen LogP contribution < -0.4 is 4.74 Å². The molecule has 1 aromatic rings. The molecule has 2 rings (SSSR count). The molecule has 1 heterocycles. The van der Waals surface area contributed by atoms with Crippen molar-refractivity contribution in [3.8, 4) is 5.75 Å². The van der Waals surface area contributed by atoms with Crippen LogP contribution in [-0.2, 0) is 9.53 Å². The number of ether oxygens (including phenoxy) is 2. The number of hydrogen-bond acceptors (Lipinski definition) is 4. The van der Waals surface area contributed by atoms with Gasteiger partial charge in [0.1, 0.15) is 5.75 Å². The second-order valence-corrected chi connectivity index (χ2v) is 6.28. The summed E-state index contributed by atoms with van der Waals surface area (Å²) in [6.45, 7) is 4.36. The molecule has 0 radical (unpaired) electrons. The minimum absolute atomic E-state index is 0.102. The summed E-state index contributed by atoms with van der Waals surface area (Å²) in [6, 6.07) is 9.95. The van der Waals surface area contributed by atoms with Gasteiger partial charge < -0.3 is 19.5 Å². The molecule has 0 unspecified atom stereocenters. The maximum Gasteiger partial charge on any atom is 0.305 e. The molecule has 5 nitrogen and oxygen atoms in total. The van der Waals surface area contributed by atoms with Crippen LogP contribution in [0.5, 0.6) is 5.75 Å². The Balaban J connectivity index is 1.44. The van der Waals surface area contributed by atoms with Gasteiger partial charge in [-0.3, -0.25) is 4.79 Å². The van der Waals surface area contributed by atoms with Crippen molar-refractivity contribution in [3.63, 3.8) is 0 Å². The number of carboxylic acids is 1. The topological polar surface area (TPSA) is 59.0 Å². The Hall–Kier alpha value is -1.59. The summed E-state index contributed by atoms with van der Waals surface area (Å²) in [7, 11) is 0. The van der Waals surface area contributed by atoms with Crippen LogP contribution in [0.4, 0.5) is 0 Å². The van der Waals surface area contributed by atoms with Crippen LogP contribution in [0.2, 0.25) is 0 Å². The zero-order valence-electron chi connectivity index (χ0n) is 14.4. The van der Waals surface area contributed by atoms with Crippen molar-refractivity contribution in [2.45, 2.75) is 44.6 Å². The van der Waals surface area contributed by atoms with E-state index >= 15 is 0 Å². The van der Waals surface area contributed by atoms with Gasteiger partial charge in [-0.2, -0.15) is 0 Å². The molecule has 0 amide bonds. The summed E-state index contributed by atoms with van der Waals surface area (Å²) >= 11 is 0. The van der Waals surface area contributed by atoms with Crippen molar-refractivity contribution in [3.05, 3.63) is 30.3 Å². The quantitative estimate of drug-likeness (QED) is 0.629. The van der Waals surface area contributed by atoms with E-state index in [0.29, 0.717) is 6.61 Å². The van der Waals surface area contributed by atoms with E-state index in [0.717, 1.165) is 51.3 Å². The standard InChI is InChI=1S/C19H29NO4/c21-19(22)11-16-24-18-9-13-20(14-10-18)12-5-2-6-15-23-17-7-3-1-4-8-17/h1,3-4,7-8,18H,2,5-6,9-16H2,(H,21,22). The van der Waals surface area contributed by atoms with Gasteiger partial charge >= 0.3 is 5.97 Å². The first-order valence-corrected chi connectivity index (χ1v) is 8.97. The van der Waals surface area contributed by atoms with E-state index in [4.69, 9.17) is 14.6 Å². The largest absolute Gasteiger partial charge is 0.494 e. The molecule has 1 N–H and O–H groups in total. The molecule has 1 aromatic carbocycles. The lowest BCUT2D eigenvalue weighted by Gasteiger charge is -2.31. The lowest BCUT2D eigenvalue weighted by atomic mass is 10.1. The molecule has 1 aliphatic rings. The number of carbonyl (C=O) groups is 1. The van der Waals surface area contributed by atoms with Crippen LogP contribution in [0.25, 0.3) is 0 Å². The number of aliphatic carboxylic acids is 1. The predicted molar refractivity (Wildman–Crippen MR) is 93.5 cm³/mol. The minimum atomic E-state index is -0.788. The van der Waals surface area contributed by atoms with E-state index < -0.39 is 5.97 Å². The average molecular weight is 335 g/mol. The third kappa shape index (κ3) is 7.79. The van der Waals surface area contributed by atoms with Crippen molar-refractivity contribution < 1.29 is 19.4 Å². The first-order chi connectivity index (χ1) is 11.7. The number of nitrogens with zero attached hydrogens (tertiary/aromatic N) is 1. The highest BCUT2D eigenvalue weighted by molar-refractivity contribution is 5.66. The second-order valence-electron chi connectivity index (χ2n) is 6.28. The Morgan fingerprint density at radius 1 is 1.08 bits per heavy atom. The first kappa shape index (κ1) is 18.7. The molecule has 24 heavy (non-hydrogen) atoms. The highest BCUT2D eigenvalue weighted by Gasteiger charge is 2.19. The highest BCUT2D eigenvalue weighted by Crippen LogP contribution is 2.15. The number of rotatable bonds is 11. The maximum absolute atomic E-state index is 10.5. The van der Waals surface area contributed by atoms with Crippen LogP contribution in [0.1, 0.15) is 38.5 Å². The van der Waals surface area contributed by atoms with Gasteiger partial charge in [0.2, 0.25) is 0 Å². The van der Waals surface area contributed by atoms with Gasteiger partial charge in [0, 0.05) is 13.1 Å². The number of carboxylic acid groups (broad SMARTS) is 1. The molecular weight excluding hydrogens is 306 g/mol. The summed E-state index contributed by atoms with van der Waals surface area (Å²) in [5, 5.41) is 8.61. The van der Waals surface area contributed by atoms with E-state index in [1.54, 1.807) is 0 Å². The Morgan fingerprint density at radius 3 is 2.54 bits per heavy atom.